The first-order valence-corrected chi connectivity index (χ1v) is 9.85. The van der Waals surface area contributed by atoms with Crippen LogP contribution in [-0.2, 0) is 9.59 Å². The average Bonchev–Trinajstić information content (AvgIpc) is 2.74. The lowest BCUT2D eigenvalue weighted by Gasteiger charge is -2.38. The quantitative estimate of drug-likeness (QED) is 0.887. The van der Waals surface area contributed by atoms with Crippen molar-refractivity contribution in [1.29, 1.82) is 0 Å². The van der Waals surface area contributed by atoms with Crippen LogP contribution in [0.5, 0.6) is 5.75 Å². The number of carbonyl (C=O) groups is 2. The number of hydrogen-bond donors (Lipinski definition) is 1. The summed E-state index contributed by atoms with van der Waals surface area (Å²) in [6.45, 7) is 2.11. The van der Waals surface area contributed by atoms with Gasteiger partial charge in [-0.15, -0.1) is 0 Å². The molecule has 2 aliphatic heterocycles. The lowest BCUT2D eigenvalue weighted by Crippen LogP contribution is -2.52. The summed E-state index contributed by atoms with van der Waals surface area (Å²) in [7, 11) is 0. The number of rotatable bonds is 4. The van der Waals surface area contributed by atoms with E-state index in [0.717, 1.165) is 37.3 Å². The van der Waals surface area contributed by atoms with Gasteiger partial charge in [-0.1, -0.05) is 30.3 Å². The van der Waals surface area contributed by atoms with Crippen LogP contribution in [-0.4, -0.2) is 49.0 Å². The van der Waals surface area contributed by atoms with Gasteiger partial charge < -0.3 is 19.9 Å². The van der Waals surface area contributed by atoms with E-state index in [2.05, 4.69) is 5.32 Å². The van der Waals surface area contributed by atoms with Crippen molar-refractivity contribution in [2.24, 2.45) is 0 Å². The predicted octanol–water partition coefficient (Wildman–Crippen LogP) is 2.91. The molecule has 0 saturated carbocycles. The SMILES string of the molecule is O=C(CN1C[C@H](C(=O)N2CCCCC2)Oc2ccccc21)Nc1ccccc1. The van der Waals surface area contributed by atoms with Crippen LogP contribution in [0.2, 0.25) is 0 Å². The molecule has 2 amide bonds. The van der Waals surface area contributed by atoms with Gasteiger partial charge in [-0.05, 0) is 43.5 Å². The van der Waals surface area contributed by atoms with E-state index in [-0.39, 0.29) is 18.4 Å². The molecule has 1 atom stereocenters. The Labute approximate surface area is 165 Å². The van der Waals surface area contributed by atoms with E-state index >= 15 is 0 Å². The molecule has 0 aromatic heterocycles. The Morgan fingerprint density at radius 1 is 0.964 bits per heavy atom. The van der Waals surface area contributed by atoms with Crippen molar-refractivity contribution >= 4 is 23.2 Å². The Bertz CT molecular complexity index is 834. The van der Waals surface area contributed by atoms with E-state index < -0.39 is 6.10 Å². The van der Waals surface area contributed by atoms with Gasteiger partial charge >= 0.3 is 0 Å². The first-order valence-electron chi connectivity index (χ1n) is 9.85. The maximum Gasteiger partial charge on any atom is 0.265 e. The second-order valence-electron chi connectivity index (χ2n) is 7.25. The van der Waals surface area contributed by atoms with Crippen molar-refractivity contribution in [1.82, 2.24) is 4.90 Å². The van der Waals surface area contributed by atoms with Gasteiger partial charge in [0.05, 0.1) is 18.8 Å². The van der Waals surface area contributed by atoms with E-state index in [1.807, 2.05) is 64.4 Å². The third kappa shape index (κ3) is 4.11. The molecule has 2 aliphatic rings. The van der Waals surface area contributed by atoms with Gasteiger partial charge in [0.1, 0.15) is 5.75 Å². The number of nitrogens with one attached hydrogen (secondary N) is 1. The highest BCUT2D eigenvalue weighted by Gasteiger charge is 2.34. The summed E-state index contributed by atoms with van der Waals surface area (Å²) in [6.07, 6.45) is 2.66. The summed E-state index contributed by atoms with van der Waals surface area (Å²) in [5, 5.41) is 2.91. The van der Waals surface area contributed by atoms with Crippen LogP contribution < -0.4 is 15.0 Å². The number of nitrogens with zero attached hydrogens (tertiary/aromatic N) is 2. The third-order valence-electron chi connectivity index (χ3n) is 5.20. The molecule has 0 spiro atoms. The van der Waals surface area contributed by atoms with Gasteiger partial charge in [0.15, 0.2) is 6.10 Å². The van der Waals surface area contributed by atoms with Crippen LogP contribution in [0.1, 0.15) is 19.3 Å². The molecule has 146 valence electrons. The van der Waals surface area contributed by atoms with Gasteiger partial charge in [0.25, 0.3) is 5.91 Å². The summed E-state index contributed by atoms with van der Waals surface area (Å²) < 4.78 is 6.01. The van der Waals surface area contributed by atoms with Gasteiger partial charge in [-0.25, -0.2) is 0 Å². The first-order chi connectivity index (χ1) is 13.7. The maximum absolute atomic E-state index is 13.0. The van der Waals surface area contributed by atoms with Gasteiger partial charge in [0, 0.05) is 18.8 Å². The molecule has 6 heteroatoms. The number of piperidine rings is 1. The van der Waals surface area contributed by atoms with Gasteiger partial charge in [0.2, 0.25) is 5.91 Å². The Hall–Kier alpha value is -3.02. The minimum absolute atomic E-state index is 0.0164. The Balaban J connectivity index is 1.48. The van der Waals surface area contributed by atoms with Crippen LogP contribution in [0, 0.1) is 0 Å². The largest absolute Gasteiger partial charge is 0.477 e. The Morgan fingerprint density at radius 3 is 2.46 bits per heavy atom. The predicted molar refractivity (Wildman–Crippen MR) is 109 cm³/mol. The fraction of sp³-hybridized carbons (Fsp3) is 0.364. The Kier molecular flexibility index (Phi) is 5.46. The fourth-order valence-electron chi connectivity index (χ4n) is 3.80. The molecule has 2 aromatic carbocycles. The molecule has 0 bridgehead atoms. The minimum Gasteiger partial charge on any atom is -0.477 e. The molecule has 2 heterocycles. The summed E-state index contributed by atoms with van der Waals surface area (Å²) >= 11 is 0. The molecule has 1 saturated heterocycles. The van der Waals surface area contributed by atoms with Crippen molar-refractivity contribution in [3.8, 4) is 5.75 Å². The van der Waals surface area contributed by atoms with Crippen LogP contribution in [0.15, 0.2) is 54.6 Å². The van der Waals surface area contributed by atoms with Crippen LogP contribution in [0.3, 0.4) is 0 Å². The molecule has 1 N–H and O–H groups in total. The number of fused-ring (bicyclic) bond motifs is 1. The number of carbonyl (C=O) groups excluding carboxylic acids is 2. The highest BCUT2D eigenvalue weighted by molar-refractivity contribution is 5.95. The number of likely N-dealkylation sites (tertiary alicyclic amines) is 1. The first kappa shape index (κ1) is 18.3. The molecular formula is C22H25N3O3. The highest BCUT2D eigenvalue weighted by atomic mass is 16.5. The van der Waals surface area contributed by atoms with Crippen LogP contribution >= 0.6 is 0 Å². The topological polar surface area (TPSA) is 61.9 Å². The molecule has 4 rings (SSSR count). The fourth-order valence-corrected chi connectivity index (χ4v) is 3.80. The molecule has 0 unspecified atom stereocenters. The number of hydrogen-bond acceptors (Lipinski definition) is 4. The number of amides is 2. The second kappa shape index (κ2) is 8.33. The maximum atomic E-state index is 13.0. The monoisotopic (exact) mass is 379 g/mol. The van der Waals surface area contributed by atoms with Crippen molar-refractivity contribution in [3.63, 3.8) is 0 Å². The number of anilines is 2. The van der Waals surface area contributed by atoms with Crippen molar-refractivity contribution in [3.05, 3.63) is 54.6 Å². The average molecular weight is 379 g/mol. The van der Waals surface area contributed by atoms with E-state index in [4.69, 9.17) is 4.74 Å². The lowest BCUT2D eigenvalue weighted by atomic mass is 10.1. The van der Waals surface area contributed by atoms with Crippen molar-refractivity contribution < 1.29 is 14.3 Å². The number of benzene rings is 2. The van der Waals surface area contributed by atoms with Gasteiger partial charge in [-0.2, -0.15) is 0 Å². The molecule has 2 aromatic rings. The van der Waals surface area contributed by atoms with E-state index in [1.54, 1.807) is 0 Å². The third-order valence-corrected chi connectivity index (χ3v) is 5.20. The summed E-state index contributed by atoms with van der Waals surface area (Å²) in [5.41, 5.74) is 1.60. The molecule has 1 fully saturated rings. The molecule has 6 nitrogen and oxygen atoms in total. The molecule has 0 radical (unpaired) electrons. The standard InChI is InChI=1S/C22H25N3O3/c26-21(23-17-9-3-1-4-10-17)16-25-15-20(22(27)24-13-7-2-8-14-24)28-19-12-6-5-11-18(19)25/h1,3-6,9-12,20H,2,7-8,13-16H2,(H,23,26)/t20-/m1/s1. The van der Waals surface area contributed by atoms with Crippen LogP contribution in [0.25, 0.3) is 0 Å². The summed E-state index contributed by atoms with van der Waals surface area (Å²) in [6, 6.07) is 17.0. The normalized spacial score (nSPS) is 18.8. The number of para-hydroxylation sites is 3. The smallest absolute Gasteiger partial charge is 0.265 e. The second-order valence-corrected chi connectivity index (χ2v) is 7.25. The minimum atomic E-state index is -0.586. The zero-order chi connectivity index (χ0) is 19.3. The molecule has 0 aliphatic carbocycles. The summed E-state index contributed by atoms with van der Waals surface area (Å²) in [4.78, 5) is 29.4. The lowest BCUT2D eigenvalue weighted by molar-refractivity contribution is -0.139. The van der Waals surface area contributed by atoms with Crippen molar-refractivity contribution in [2.75, 3.05) is 36.4 Å². The molecular weight excluding hydrogens is 354 g/mol. The van der Waals surface area contributed by atoms with Gasteiger partial charge in [-0.3, -0.25) is 9.59 Å². The van der Waals surface area contributed by atoms with E-state index in [1.165, 1.54) is 6.42 Å². The zero-order valence-corrected chi connectivity index (χ0v) is 15.8. The van der Waals surface area contributed by atoms with Crippen molar-refractivity contribution in [2.45, 2.75) is 25.4 Å². The van der Waals surface area contributed by atoms with E-state index in [9.17, 15) is 9.59 Å². The van der Waals surface area contributed by atoms with E-state index in [0.29, 0.717) is 12.3 Å². The zero-order valence-electron chi connectivity index (χ0n) is 15.8. The highest BCUT2D eigenvalue weighted by Crippen LogP contribution is 2.33. The Morgan fingerprint density at radius 2 is 1.68 bits per heavy atom. The summed E-state index contributed by atoms with van der Waals surface area (Å²) in [5.74, 6) is 0.548. The molecule has 28 heavy (non-hydrogen) atoms. The van der Waals surface area contributed by atoms with Crippen LogP contribution in [0.4, 0.5) is 11.4 Å². The number of ether oxygens (including phenoxy) is 1.